The number of nitriles is 1. The Labute approximate surface area is 109 Å². The van der Waals surface area contributed by atoms with Gasteiger partial charge in [0.05, 0.1) is 12.5 Å². The molecule has 0 radical (unpaired) electrons. The summed E-state index contributed by atoms with van der Waals surface area (Å²) < 4.78 is 65.5. The van der Waals surface area contributed by atoms with E-state index in [2.05, 4.69) is 9.72 Å². The molecule has 0 bridgehead atoms. The number of alkyl halides is 6. The van der Waals surface area contributed by atoms with Crippen LogP contribution in [0.3, 0.4) is 0 Å². The Bertz CT molecular complexity index is 498. The molecule has 0 N–H and O–H groups in total. The highest BCUT2D eigenvalue weighted by Gasteiger charge is 2.35. The van der Waals surface area contributed by atoms with E-state index < -0.39 is 30.7 Å². The van der Waals surface area contributed by atoms with E-state index in [0.717, 1.165) is 6.20 Å². The third kappa shape index (κ3) is 3.92. The molecule has 0 fully saturated rings. The Balaban J connectivity index is 3.45. The molecule has 0 saturated carbocycles. The highest BCUT2D eigenvalue weighted by atomic mass is 35.5. The summed E-state index contributed by atoms with van der Waals surface area (Å²) in [6, 6.07) is 1.57. The van der Waals surface area contributed by atoms with E-state index in [4.69, 9.17) is 16.9 Å². The molecule has 0 atom stereocenters. The smallest absolute Gasteiger partial charge is 0.403 e. The van der Waals surface area contributed by atoms with Gasteiger partial charge in [0.15, 0.2) is 5.75 Å². The Kier molecular flexibility index (Phi) is 4.89. The van der Waals surface area contributed by atoms with E-state index in [1.807, 2.05) is 0 Å². The molecule has 104 valence electrons. The number of hydrogen-bond acceptors (Lipinski definition) is 3. The molecule has 0 amide bonds. The summed E-state index contributed by atoms with van der Waals surface area (Å²) in [6.45, 7) is 0. The van der Waals surface area contributed by atoms with E-state index in [-0.39, 0.29) is 17.0 Å². The van der Waals surface area contributed by atoms with Crippen molar-refractivity contribution in [1.82, 2.24) is 4.98 Å². The van der Waals surface area contributed by atoms with Gasteiger partial charge in [-0.2, -0.15) is 5.26 Å². The SMILES string of the molecule is N#CCc1c(CCl)cnc(C(F)F)c1OC(F)(F)F. The number of rotatable bonds is 4. The summed E-state index contributed by atoms with van der Waals surface area (Å²) in [5.74, 6) is -1.43. The largest absolute Gasteiger partial charge is 0.573 e. The van der Waals surface area contributed by atoms with Crippen LogP contribution < -0.4 is 4.74 Å². The van der Waals surface area contributed by atoms with Crippen molar-refractivity contribution in [3.8, 4) is 11.8 Å². The topological polar surface area (TPSA) is 45.9 Å². The summed E-state index contributed by atoms with van der Waals surface area (Å²) in [5.41, 5.74) is -1.47. The molecule has 9 heteroatoms. The van der Waals surface area contributed by atoms with Gasteiger partial charge in [-0.05, 0) is 5.56 Å². The van der Waals surface area contributed by atoms with Gasteiger partial charge in [0.1, 0.15) is 5.69 Å². The van der Waals surface area contributed by atoms with Crippen LogP contribution in [0.2, 0.25) is 0 Å². The third-order valence-electron chi connectivity index (χ3n) is 2.08. The Morgan fingerprint density at radius 2 is 2.05 bits per heavy atom. The number of nitrogens with zero attached hydrogens (tertiary/aromatic N) is 2. The van der Waals surface area contributed by atoms with Crippen LogP contribution in [0.1, 0.15) is 23.2 Å². The quantitative estimate of drug-likeness (QED) is 0.629. The van der Waals surface area contributed by atoms with Crippen LogP contribution in [0.5, 0.6) is 5.75 Å². The maximum absolute atomic E-state index is 12.6. The lowest BCUT2D eigenvalue weighted by molar-refractivity contribution is -0.275. The van der Waals surface area contributed by atoms with Crippen LogP contribution in [-0.2, 0) is 12.3 Å². The van der Waals surface area contributed by atoms with Crippen LogP contribution in [0.15, 0.2) is 6.20 Å². The van der Waals surface area contributed by atoms with E-state index in [9.17, 15) is 22.0 Å². The van der Waals surface area contributed by atoms with E-state index in [1.165, 1.54) is 0 Å². The second-order valence-electron chi connectivity index (χ2n) is 3.29. The Morgan fingerprint density at radius 3 is 2.47 bits per heavy atom. The minimum atomic E-state index is -5.17. The average Bonchev–Trinajstić information content (AvgIpc) is 2.29. The van der Waals surface area contributed by atoms with E-state index in [0.29, 0.717) is 0 Å². The molecular formula is C10H6ClF5N2O. The second kappa shape index (κ2) is 6.02. The van der Waals surface area contributed by atoms with Gasteiger partial charge in [-0.25, -0.2) is 8.78 Å². The zero-order valence-corrected chi connectivity index (χ0v) is 9.90. The summed E-state index contributed by atoms with van der Waals surface area (Å²) in [6.07, 6.45) is -8.07. The molecule has 1 heterocycles. The van der Waals surface area contributed by atoms with Gasteiger partial charge >= 0.3 is 6.36 Å². The summed E-state index contributed by atoms with van der Waals surface area (Å²) in [5, 5.41) is 8.55. The van der Waals surface area contributed by atoms with Gasteiger partial charge in [-0.1, -0.05) is 0 Å². The average molecular weight is 301 g/mol. The first-order valence-electron chi connectivity index (χ1n) is 4.77. The molecule has 0 aliphatic rings. The Morgan fingerprint density at radius 1 is 1.42 bits per heavy atom. The van der Waals surface area contributed by atoms with E-state index in [1.54, 1.807) is 6.07 Å². The second-order valence-corrected chi connectivity index (χ2v) is 3.56. The summed E-state index contributed by atoms with van der Waals surface area (Å²) in [7, 11) is 0. The van der Waals surface area contributed by atoms with Gasteiger partial charge in [0.2, 0.25) is 0 Å². The highest BCUT2D eigenvalue weighted by molar-refractivity contribution is 6.17. The predicted molar refractivity (Wildman–Crippen MR) is 54.8 cm³/mol. The third-order valence-corrected chi connectivity index (χ3v) is 2.37. The molecule has 0 aromatic carbocycles. The molecule has 3 nitrogen and oxygen atoms in total. The van der Waals surface area contributed by atoms with Crippen molar-refractivity contribution < 1.29 is 26.7 Å². The van der Waals surface area contributed by atoms with Crippen molar-refractivity contribution in [2.24, 2.45) is 0 Å². The van der Waals surface area contributed by atoms with Crippen LogP contribution in [0, 0.1) is 11.3 Å². The lowest BCUT2D eigenvalue weighted by Gasteiger charge is -2.17. The normalized spacial score (nSPS) is 11.5. The van der Waals surface area contributed by atoms with Gasteiger partial charge in [-0.15, -0.1) is 24.8 Å². The molecule has 19 heavy (non-hydrogen) atoms. The molecule has 0 aliphatic heterocycles. The maximum atomic E-state index is 12.6. The standard InChI is InChI=1S/C10H6ClF5N2O/c11-3-5-4-18-7(9(12)13)8(6(5)1-2-17)19-10(14,15)16/h4,9H,1,3H2. The van der Waals surface area contributed by atoms with E-state index >= 15 is 0 Å². The van der Waals surface area contributed by atoms with Crippen molar-refractivity contribution in [3.05, 3.63) is 23.0 Å². The zero-order valence-electron chi connectivity index (χ0n) is 9.14. The van der Waals surface area contributed by atoms with Crippen molar-refractivity contribution in [2.75, 3.05) is 0 Å². The molecule has 1 rings (SSSR count). The van der Waals surface area contributed by atoms with Crippen molar-refractivity contribution in [1.29, 1.82) is 5.26 Å². The molecule has 0 saturated heterocycles. The number of hydrogen-bond donors (Lipinski definition) is 0. The minimum Gasteiger partial charge on any atom is -0.403 e. The number of pyridine rings is 1. The predicted octanol–water partition coefficient (Wildman–Crippen LogP) is 3.72. The van der Waals surface area contributed by atoms with Gasteiger partial charge in [0.25, 0.3) is 6.43 Å². The lowest BCUT2D eigenvalue weighted by Crippen LogP contribution is -2.20. The van der Waals surface area contributed by atoms with Crippen LogP contribution in [0.25, 0.3) is 0 Å². The van der Waals surface area contributed by atoms with Gasteiger partial charge in [-0.3, -0.25) is 4.98 Å². The van der Waals surface area contributed by atoms with Crippen molar-refractivity contribution >= 4 is 11.6 Å². The lowest BCUT2D eigenvalue weighted by atomic mass is 10.1. The number of halogens is 6. The number of ether oxygens (including phenoxy) is 1. The summed E-state index contributed by atoms with van der Waals surface area (Å²) >= 11 is 5.47. The van der Waals surface area contributed by atoms with Gasteiger partial charge in [0, 0.05) is 17.6 Å². The van der Waals surface area contributed by atoms with Crippen molar-refractivity contribution in [3.63, 3.8) is 0 Å². The fourth-order valence-electron chi connectivity index (χ4n) is 1.36. The molecule has 0 unspecified atom stereocenters. The zero-order chi connectivity index (χ0) is 14.6. The van der Waals surface area contributed by atoms with Crippen molar-refractivity contribution in [2.45, 2.75) is 25.1 Å². The maximum Gasteiger partial charge on any atom is 0.573 e. The highest BCUT2D eigenvalue weighted by Crippen LogP contribution is 2.36. The molecule has 0 aliphatic carbocycles. The van der Waals surface area contributed by atoms with Crippen LogP contribution >= 0.6 is 11.6 Å². The fourth-order valence-corrected chi connectivity index (χ4v) is 1.59. The van der Waals surface area contributed by atoms with Gasteiger partial charge < -0.3 is 4.74 Å². The monoisotopic (exact) mass is 300 g/mol. The molecule has 0 spiro atoms. The number of aromatic nitrogens is 1. The fraction of sp³-hybridized carbons (Fsp3) is 0.400. The first-order chi connectivity index (χ1) is 8.80. The first kappa shape index (κ1) is 15.4. The molecular weight excluding hydrogens is 295 g/mol. The molecule has 1 aromatic rings. The van der Waals surface area contributed by atoms with Crippen LogP contribution in [-0.4, -0.2) is 11.3 Å². The first-order valence-corrected chi connectivity index (χ1v) is 5.31. The van der Waals surface area contributed by atoms with Crippen LogP contribution in [0.4, 0.5) is 22.0 Å². The summed E-state index contributed by atoms with van der Waals surface area (Å²) in [4.78, 5) is 3.21. The molecule has 1 aromatic heterocycles. The minimum absolute atomic E-state index is 0.0341. The Hall–Kier alpha value is -1.62.